The maximum atomic E-state index is 10.4. The second-order valence-corrected chi connectivity index (χ2v) is 5.51. The molecule has 0 radical (unpaired) electrons. The van der Waals surface area contributed by atoms with Crippen molar-refractivity contribution in [1.82, 2.24) is 0 Å². The van der Waals surface area contributed by atoms with Crippen molar-refractivity contribution in [3.8, 4) is 0 Å². The Balaban J connectivity index is 1.94. The molecule has 2 N–H and O–H groups in total. The number of hydrogen-bond acceptors (Lipinski definition) is 2. The fraction of sp³-hybridized carbons (Fsp3) is 0.571. The first-order valence-electron chi connectivity index (χ1n) is 6.31. The van der Waals surface area contributed by atoms with E-state index < -0.39 is 5.60 Å². The Labute approximate surface area is 108 Å². The van der Waals surface area contributed by atoms with Crippen LogP contribution in [0, 0.1) is 6.92 Å². The van der Waals surface area contributed by atoms with Gasteiger partial charge in [0.15, 0.2) is 0 Å². The molecule has 1 fully saturated rings. The quantitative estimate of drug-likeness (QED) is 0.860. The normalized spacial score (nSPS) is 19.0. The lowest BCUT2D eigenvalue weighted by atomic mass is 9.85. The van der Waals surface area contributed by atoms with Crippen molar-refractivity contribution < 1.29 is 5.11 Å². The minimum absolute atomic E-state index is 0.532. The lowest BCUT2D eigenvalue weighted by Gasteiger charge is -2.32. The van der Waals surface area contributed by atoms with Gasteiger partial charge in [0, 0.05) is 17.3 Å². The molecule has 1 aliphatic carbocycles. The van der Waals surface area contributed by atoms with Crippen LogP contribution < -0.4 is 5.32 Å². The molecule has 0 unspecified atom stereocenters. The molecule has 0 atom stereocenters. The molecule has 0 bridgehead atoms. The number of nitrogens with one attached hydrogen (secondary N) is 1. The van der Waals surface area contributed by atoms with E-state index in [0.29, 0.717) is 6.54 Å². The second-order valence-electron chi connectivity index (χ2n) is 5.10. The predicted molar refractivity (Wildman–Crippen MR) is 72.7 cm³/mol. The molecule has 1 saturated carbocycles. The van der Waals surface area contributed by atoms with Crippen molar-refractivity contribution in [2.45, 2.75) is 44.6 Å². The molecule has 0 aromatic heterocycles. The minimum Gasteiger partial charge on any atom is -0.388 e. The van der Waals surface area contributed by atoms with E-state index in [9.17, 15) is 5.11 Å². The fourth-order valence-electron chi connectivity index (χ4n) is 2.36. The summed E-state index contributed by atoms with van der Waals surface area (Å²) in [4.78, 5) is 0. The van der Waals surface area contributed by atoms with Crippen molar-refractivity contribution in [2.75, 3.05) is 11.9 Å². The first kappa shape index (κ1) is 12.7. The van der Waals surface area contributed by atoms with Gasteiger partial charge in [-0.25, -0.2) is 0 Å². The van der Waals surface area contributed by atoms with Crippen LogP contribution in [-0.4, -0.2) is 17.3 Å². The van der Waals surface area contributed by atoms with Gasteiger partial charge in [0.1, 0.15) is 0 Å². The number of aliphatic hydroxyl groups is 1. The minimum atomic E-state index is -0.532. The lowest BCUT2D eigenvalue weighted by molar-refractivity contribution is 0.0167. The van der Waals surface area contributed by atoms with Gasteiger partial charge < -0.3 is 10.4 Å². The lowest BCUT2D eigenvalue weighted by Crippen LogP contribution is -2.38. The van der Waals surface area contributed by atoms with Gasteiger partial charge >= 0.3 is 0 Å². The fourth-order valence-corrected chi connectivity index (χ4v) is 2.54. The summed E-state index contributed by atoms with van der Waals surface area (Å²) in [5, 5.41) is 14.4. The van der Waals surface area contributed by atoms with Crippen LogP contribution in [0.1, 0.15) is 37.7 Å². The molecule has 0 heterocycles. The summed E-state index contributed by atoms with van der Waals surface area (Å²) < 4.78 is 0. The van der Waals surface area contributed by atoms with Crippen LogP contribution in [-0.2, 0) is 0 Å². The monoisotopic (exact) mass is 253 g/mol. The maximum absolute atomic E-state index is 10.4. The molecular formula is C14H20ClNO. The van der Waals surface area contributed by atoms with Gasteiger partial charge in [-0.15, -0.1) is 0 Å². The summed E-state index contributed by atoms with van der Waals surface area (Å²) in [5.74, 6) is 0. The molecule has 0 spiro atoms. The average molecular weight is 254 g/mol. The van der Waals surface area contributed by atoms with Crippen LogP contribution in [0.4, 0.5) is 5.69 Å². The molecular weight excluding hydrogens is 234 g/mol. The number of rotatable bonds is 3. The predicted octanol–water partition coefficient (Wildman–Crippen LogP) is 3.76. The van der Waals surface area contributed by atoms with Crippen molar-refractivity contribution >= 4 is 17.3 Å². The molecule has 1 aliphatic rings. The van der Waals surface area contributed by atoms with E-state index in [0.717, 1.165) is 42.0 Å². The summed E-state index contributed by atoms with van der Waals surface area (Å²) in [5.41, 5.74) is 1.53. The highest BCUT2D eigenvalue weighted by Crippen LogP contribution is 2.28. The molecule has 0 amide bonds. The van der Waals surface area contributed by atoms with Gasteiger partial charge in [0.05, 0.1) is 5.60 Å². The Hall–Kier alpha value is -0.730. The highest BCUT2D eigenvalue weighted by atomic mass is 35.5. The third kappa shape index (κ3) is 3.36. The van der Waals surface area contributed by atoms with E-state index in [2.05, 4.69) is 5.32 Å². The van der Waals surface area contributed by atoms with Crippen LogP contribution in [0.15, 0.2) is 18.2 Å². The topological polar surface area (TPSA) is 32.3 Å². The Kier molecular flexibility index (Phi) is 3.95. The van der Waals surface area contributed by atoms with Crippen LogP contribution in [0.3, 0.4) is 0 Å². The molecule has 0 saturated heterocycles. The highest BCUT2D eigenvalue weighted by molar-refractivity contribution is 6.31. The number of anilines is 1. The summed E-state index contributed by atoms with van der Waals surface area (Å²) in [6.45, 7) is 2.60. The second kappa shape index (κ2) is 5.28. The summed E-state index contributed by atoms with van der Waals surface area (Å²) in [7, 11) is 0. The first-order valence-corrected chi connectivity index (χ1v) is 6.69. The Morgan fingerprint density at radius 3 is 2.65 bits per heavy atom. The van der Waals surface area contributed by atoms with Crippen LogP contribution >= 0.6 is 11.6 Å². The SMILES string of the molecule is Cc1ccc(NCC2(O)CCCCC2)cc1Cl. The number of hydrogen-bond donors (Lipinski definition) is 2. The standard InChI is InChI=1S/C14H20ClNO/c1-11-5-6-12(9-13(11)15)16-10-14(17)7-3-2-4-8-14/h5-6,9,16-17H,2-4,7-8,10H2,1H3. The van der Waals surface area contributed by atoms with Gasteiger partial charge in [-0.1, -0.05) is 36.9 Å². The molecule has 94 valence electrons. The summed E-state index contributed by atoms with van der Waals surface area (Å²) in [6.07, 6.45) is 5.32. The van der Waals surface area contributed by atoms with E-state index in [1.165, 1.54) is 6.42 Å². The maximum Gasteiger partial charge on any atom is 0.0819 e. The molecule has 1 aromatic rings. The smallest absolute Gasteiger partial charge is 0.0819 e. The first-order chi connectivity index (χ1) is 8.09. The van der Waals surface area contributed by atoms with E-state index in [1.54, 1.807) is 0 Å². The third-order valence-corrected chi connectivity index (χ3v) is 3.98. The van der Waals surface area contributed by atoms with Gasteiger partial charge in [-0.05, 0) is 37.5 Å². The van der Waals surface area contributed by atoms with Gasteiger partial charge in [-0.3, -0.25) is 0 Å². The molecule has 17 heavy (non-hydrogen) atoms. The van der Waals surface area contributed by atoms with Crippen LogP contribution in [0.2, 0.25) is 5.02 Å². The largest absolute Gasteiger partial charge is 0.388 e. The van der Waals surface area contributed by atoms with Crippen molar-refractivity contribution in [1.29, 1.82) is 0 Å². The van der Waals surface area contributed by atoms with E-state index in [1.807, 2.05) is 25.1 Å². The van der Waals surface area contributed by atoms with Gasteiger partial charge in [0.25, 0.3) is 0 Å². The number of benzene rings is 1. The molecule has 2 nitrogen and oxygen atoms in total. The molecule has 1 aromatic carbocycles. The Morgan fingerprint density at radius 2 is 2.00 bits per heavy atom. The van der Waals surface area contributed by atoms with E-state index in [-0.39, 0.29) is 0 Å². The zero-order valence-electron chi connectivity index (χ0n) is 10.3. The van der Waals surface area contributed by atoms with Gasteiger partial charge in [-0.2, -0.15) is 0 Å². The molecule has 2 rings (SSSR count). The van der Waals surface area contributed by atoms with Crippen molar-refractivity contribution in [3.63, 3.8) is 0 Å². The molecule has 0 aliphatic heterocycles. The Morgan fingerprint density at radius 1 is 1.29 bits per heavy atom. The summed E-state index contributed by atoms with van der Waals surface area (Å²) in [6, 6.07) is 5.92. The van der Waals surface area contributed by atoms with Crippen LogP contribution in [0.5, 0.6) is 0 Å². The van der Waals surface area contributed by atoms with Gasteiger partial charge in [0.2, 0.25) is 0 Å². The molecule has 3 heteroatoms. The van der Waals surface area contributed by atoms with Crippen molar-refractivity contribution in [2.24, 2.45) is 0 Å². The van der Waals surface area contributed by atoms with E-state index in [4.69, 9.17) is 11.6 Å². The highest BCUT2D eigenvalue weighted by Gasteiger charge is 2.28. The summed E-state index contributed by atoms with van der Waals surface area (Å²) >= 11 is 6.07. The van der Waals surface area contributed by atoms with Crippen LogP contribution in [0.25, 0.3) is 0 Å². The average Bonchev–Trinajstić information content (AvgIpc) is 2.32. The number of halogens is 1. The zero-order valence-corrected chi connectivity index (χ0v) is 11.1. The zero-order chi connectivity index (χ0) is 12.3. The van der Waals surface area contributed by atoms with E-state index >= 15 is 0 Å². The Bertz CT molecular complexity index is 386. The number of aryl methyl sites for hydroxylation is 1. The third-order valence-electron chi connectivity index (χ3n) is 3.58. The van der Waals surface area contributed by atoms with Crippen molar-refractivity contribution in [3.05, 3.63) is 28.8 Å².